The van der Waals surface area contributed by atoms with E-state index in [2.05, 4.69) is 4.90 Å². The van der Waals surface area contributed by atoms with Crippen molar-refractivity contribution in [2.24, 2.45) is 29.4 Å². The first kappa shape index (κ1) is 26.0. The van der Waals surface area contributed by atoms with Gasteiger partial charge in [-0.25, -0.2) is 0 Å². The number of carbonyl (C=O) groups is 5. The molecule has 194 valence electrons. The van der Waals surface area contributed by atoms with Gasteiger partial charge in [0.1, 0.15) is 5.75 Å². The van der Waals surface area contributed by atoms with Crippen molar-refractivity contribution in [2.45, 2.75) is 45.3 Å². The predicted molar refractivity (Wildman–Crippen MR) is 129 cm³/mol. The summed E-state index contributed by atoms with van der Waals surface area (Å²) in [6, 6.07) is 1.85. The zero-order valence-corrected chi connectivity index (χ0v) is 21.0. The monoisotopic (exact) mass is 499 g/mol. The molecule has 1 amide bonds. The van der Waals surface area contributed by atoms with Crippen LogP contribution in [0.3, 0.4) is 0 Å². The number of phenols is 1. The molecule has 5 atom stereocenters. The number of primary amides is 1. The van der Waals surface area contributed by atoms with Gasteiger partial charge in [0, 0.05) is 44.2 Å². The number of aliphatic hydroxyl groups is 1. The summed E-state index contributed by atoms with van der Waals surface area (Å²) in [4.78, 5) is 68.7. The second-order valence-corrected chi connectivity index (χ2v) is 10.4. The van der Waals surface area contributed by atoms with E-state index < -0.39 is 58.3 Å². The molecule has 3 aliphatic rings. The lowest BCUT2D eigenvalue weighted by atomic mass is 9.53. The fraction of sp³-hybridized carbons (Fsp3) is 0.577. The minimum atomic E-state index is -2.64. The summed E-state index contributed by atoms with van der Waals surface area (Å²) in [5.74, 6) is -9.91. The van der Waals surface area contributed by atoms with E-state index in [1.54, 1.807) is 0 Å². The van der Waals surface area contributed by atoms with Crippen molar-refractivity contribution in [3.63, 3.8) is 0 Å². The molecule has 4 rings (SSSR count). The molecule has 1 aromatic carbocycles. The van der Waals surface area contributed by atoms with E-state index in [9.17, 15) is 34.2 Å². The molecule has 0 heterocycles. The molecule has 0 bridgehead atoms. The van der Waals surface area contributed by atoms with Crippen LogP contribution >= 0.6 is 0 Å². The third-order valence-electron chi connectivity index (χ3n) is 8.23. The van der Waals surface area contributed by atoms with Crippen molar-refractivity contribution in [2.75, 3.05) is 32.1 Å². The number of fused-ring (bicyclic) bond motifs is 3. The van der Waals surface area contributed by atoms with Crippen LogP contribution in [0.2, 0.25) is 0 Å². The Hall–Kier alpha value is -3.11. The molecule has 0 saturated heterocycles. The number of Topliss-reactive ketones (excluding diaryl/α,β-unsaturated/α-hetero) is 4. The van der Waals surface area contributed by atoms with Gasteiger partial charge in [-0.1, -0.05) is 13.8 Å². The highest BCUT2D eigenvalue weighted by atomic mass is 16.3. The summed E-state index contributed by atoms with van der Waals surface area (Å²) in [6.45, 7) is 5.85. The van der Waals surface area contributed by atoms with E-state index in [0.717, 1.165) is 18.8 Å². The molecule has 1 aromatic rings. The summed E-state index contributed by atoms with van der Waals surface area (Å²) in [5, 5.41) is 22.5. The molecule has 0 radical (unpaired) electrons. The zero-order chi connectivity index (χ0) is 26.7. The van der Waals surface area contributed by atoms with E-state index in [-0.39, 0.29) is 30.6 Å². The third kappa shape index (κ3) is 3.66. The van der Waals surface area contributed by atoms with Crippen molar-refractivity contribution in [3.05, 3.63) is 22.8 Å². The number of nitrogens with zero attached hydrogens (tertiary/aromatic N) is 2. The Kier molecular flexibility index (Phi) is 6.55. The van der Waals surface area contributed by atoms with Crippen LogP contribution in [0.1, 0.15) is 48.2 Å². The Bertz CT molecular complexity index is 1170. The summed E-state index contributed by atoms with van der Waals surface area (Å²) in [5.41, 5.74) is 4.52. The maximum atomic E-state index is 13.8. The number of hydrogen-bond donors (Lipinski definition) is 3. The molecule has 2 fully saturated rings. The normalized spacial score (nSPS) is 29.6. The summed E-state index contributed by atoms with van der Waals surface area (Å²) in [6.07, 6.45) is -0.00532. The standard InChI is InChI=1S/C26H33N3O7/c1-5-29(6-2)11-13-9-16(28(3)4)15-8-12-7-14-10-17(30)20(25(27)35)24(34)26(14,36)23(33)18(12)22(32)19(15)21(13)31/h9,12,14,18,20,31,36H,5-8,10-11H2,1-4H3,(H2,27,35)/t12-,14+,18?,20?,26+/m1/s1. The SMILES string of the molecule is CCN(CC)Cc1cc(N(C)C)c2c(c1O)C(=O)C1C(=O)[C@]3(O)C(=O)C(C(N)=O)C(=O)C[C@@H]3C[C@@H]1C2. The van der Waals surface area contributed by atoms with E-state index in [1.165, 1.54) is 0 Å². The smallest absolute Gasteiger partial charge is 0.235 e. The molecule has 2 unspecified atom stereocenters. The number of carbonyl (C=O) groups excluding carboxylic acids is 5. The Morgan fingerprint density at radius 3 is 2.31 bits per heavy atom. The number of benzene rings is 1. The Balaban J connectivity index is 1.83. The first-order valence-corrected chi connectivity index (χ1v) is 12.3. The highest BCUT2D eigenvalue weighted by Crippen LogP contribution is 2.51. The largest absolute Gasteiger partial charge is 0.507 e. The molecule has 0 aromatic heterocycles. The zero-order valence-electron chi connectivity index (χ0n) is 21.0. The second-order valence-electron chi connectivity index (χ2n) is 10.4. The minimum absolute atomic E-state index is 0.0331. The number of ketones is 4. The van der Waals surface area contributed by atoms with Gasteiger partial charge in [0.25, 0.3) is 0 Å². The summed E-state index contributed by atoms with van der Waals surface area (Å²) in [7, 11) is 3.66. The molecule has 36 heavy (non-hydrogen) atoms. The number of nitrogens with two attached hydrogens (primary N) is 1. The van der Waals surface area contributed by atoms with Gasteiger partial charge in [0.05, 0.1) is 11.5 Å². The van der Waals surface area contributed by atoms with Gasteiger partial charge < -0.3 is 20.8 Å². The number of hydrogen-bond acceptors (Lipinski definition) is 9. The topological polar surface area (TPSA) is 158 Å². The van der Waals surface area contributed by atoms with Gasteiger partial charge in [-0.2, -0.15) is 0 Å². The molecular weight excluding hydrogens is 466 g/mol. The number of aromatic hydroxyl groups is 1. The van der Waals surface area contributed by atoms with Crippen LogP contribution in [0, 0.1) is 23.7 Å². The van der Waals surface area contributed by atoms with Gasteiger partial charge in [0.2, 0.25) is 5.91 Å². The maximum Gasteiger partial charge on any atom is 0.235 e. The lowest BCUT2D eigenvalue weighted by Crippen LogP contribution is -2.68. The Labute approximate surface area is 209 Å². The first-order chi connectivity index (χ1) is 16.9. The fourth-order valence-corrected chi connectivity index (χ4v) is 6.28. The molecular formula is C26H33N3O7. The molecule has 3 aliphatic carbocycles. The average molecular weight is 500 g/mol. The van der Waals surface area contributed by atoms with Crippen LogP contribution in [0.4, 0.5) is 5.69 Å². The van der Waals surface area contributed by atoms with Crippen LogP contribution in [0.5, 0.6) is 5.75 Å². The third-order valence-corrected chi connectivity index (χ3v) is 8.23. The van der Waals surface area contributed by atoms with Crippen LogP contribution in [-0.2, 0) is 32.1 Å². The number of anilines is 1. The van der Waals surface area contributed by atoms with E-state index in [4.69, 9.17) is 5.73 Å². The van der Waals surface area contributed by atoms with Crippen molar-refractivity contribution in [1.82, 2.24) is 4.90 Å². The van der Waals surface area contributed by atoms with Gasteiger partial charge in [-0.15, -0.1) is 0 Å². The molecule has 0 aliphatic heterocycles. The molecule has 2 saturated carbocycles. The second kappa shape index (κ2) is 9.08. The fourth-order valence-electron chi connectivity index (χ4n) is 6.28. The quantitative estimate of drug-likeness (QED) is 0.466. The predicted octanol–water partition coefficient (Wildman–Crippen LogP) is 0.235. The highest BCUT2D eigenvalue weighted by Gasteiger charge is 2.66. The lowest BCUT2D eigenvalue weighted by Gasteiger charge is -2.48. The van der Waals surface area contributed by atoms with E-state index in [0.29, 0.717) is 17.7 Å². The van der Waals surface area contributed by atoms with Crippen molar-refractivity contribution in [1.29, 1.82) is 0 Å². The Morgan fingerprint density at radius 2 is 1.75 bits per heavy atom. The van der Waals surface area contributed by atoms with Crippen LogP contribution in [0.15, 0.2) is 6.07 Å². The van der Waals surface area contributed by atoms with Crippen LogP contribution in [0.25, 0.3) is 0 Å². The highest BCUT2D eigenvalue weighted by molar-refractivity contribution is 6.31. The number of phenolic OH excluding ortho intramolecular Hbond substituents is 1. The van der Waals surface area contributed by atoms with E-state index >= 15 is 0 Å². The van der Waals surface area contributed by atoms with Crippen LogP contribution < -0.4 is 10.6 Å². The number of amides is 1. The van der Waals surface area contributed by atoms with E-state index in [1.807, 2.05) is 38.9 Å². The molecule has 10 nitrogen and oxygen atoms in total. The first-order valence-electron chi connectivity index (χ1n) is 12.3. The average Bonchev–Trinajstić information content (AvgIpc) is 2.80. The van der Waals surface area contributed by atoms with Gasteiger partial charge in [-0.05, 0) is 43.5 Å². The molecule has 4 N–H and O–H groups in total. The van der Waals surface area contributed by atoms with Crippen molar-refractivity contribution in [3.8, 4) is 5.75 Å². The maximum absolute atomic E-state index is 13.8. The van der Waals surface area contributed by atoms with Crippen molar-refractivity contribution >= 4 is 34.7 Å². The molecule has 10 heteroatoms. The summed E-state index contributed by atoms with van der Waals surface area (Å²) < 4.78 is 0. The van der Waals surface area contributed by atoms with Gasteiger partial charge >= 0.3 is 0 Å². The van der Waals surface area contributed by atoms with Crippen molar-refractivity contribution < 1.29 is 34.2 Å². The Morgan fingerprint density at radius 1 is 1.11 bits per heavy atom. The summed E-state index contributed by atoms with van der Waals surface area (Å²) >= 11 is 0. The minimum Gasteiger partial charge on any atom is -0.507 e. The van der Waals surface area contributed by atoms with Crippen LogP contribution in [-0.4, -0.2) is 76.9 Å². The van der Waals surface area contributed by atoms with Gasteiger partial charge in [0.15, 0.2) is 34.7 Å². The number of rotatable bonds is 6. The van der Waals surface area contributed by atoms with Gasteiger partial charge in [-0.3, -0.25) is 28.9 Å². The lowest BCUT2D eigenvalue weighted by molar-refractivity contribution is -0.175. The molecule has 0 spiro atoms.